The van der Waals surface area contributed by atoms with Crippen molar-refractivity contribution in [2.75, 3.05) is 13.6 Å². The summed E-state index contributed by atoms with van der Waals surface area (Å²) in [7, 11) is 1.93. The van der Waals surface area contributed by atoms with Crippen LogP contribution in [0.3, 0.4) is 0 Å². The van der Waals surface area contributed by atoms with E-state index in [0.29, 0.717) is 0 Å². The normalized spacial score (nSPS) is 18.7. The molecule has 1 heterocycles. The van der Waals surface area contributed by atoms with Gasteiger partial charge in [0.25, 0.3) is 0 Å². The molecule has 0 saturated carbocycles. The van der Waals surface area contributed by atoms with Crippen LogP contribution in [0.5, 0.6) is 0 Å². The lowest BCUT2D eigenvalue weighted by molar-refractivity contribution is -0.118. The summed E-state index contributed by atoms with van der Waals surface area (Å²) in [6, 6.07) is 0. The zero-order valence-electron chi connectivity index (χ0n) is 10.0. The molecule has 0 unspecified atom stereocenters. The zero-order valence-corrected chi connectivity index (χ0v) is 10.0. The Hall–Kier alpha value is -1.25. The van der Waals surface area contributed by atoms with E-state index in [-0.39, 0.29) is 11.3 Å². The number of hydrogen-bond acceptors (Lipinski definition) is 2. The number of allylic oxidation sites excluding steroid dienone is 1. The molecule has 3 heteroatoms. The number of nitrogens with one attached hydrogen (secondary N) is 1. The van der Waals surface area contributed by atoms with Gasteiger partial charge in [-0.15, -0.1) is 0 Å². The molecule has 84 valence electrons. The smallest absolute Gasteiger partial charge is 0.249 e. The molecule has 1 aliphatic heterocycles. The topological polar surface area (TPSA) is 32.3 Å². The molecule has 0 fully saturated rings. The van der Waals surface area contributed by atoms with Crippen molar-refractivity contribution in [3.05, 3.63) is 24.0 Å². The first kappa shape index (κ1) is 11.8. The predicted octanol–water partition coefficient (Wildman–Crippen LogP) is 1.88. The third-order valence-electron chi connectivity index (χ3n) is 2.53. The van der Waals surface area contributed by atoms with Crippen molar-refractivity contribution in [3.8, 4) is 0 Å². The second kappa shape index (κ2) is 4.51. The minimum Gasteiger partial charge on any atom is -0.357 e. The van der Waals surface area contributed by atoms with Crippen LogP contribution in [0.1, 0.15) is 27.2 Å². The van der Waals surface area contributed by atoms with Gasteiger partial charge < -0.3 is 10.2 Å². The predicted molar refractivity (Wildman–Crippen MR) is 62.1 cm³/mol. The molecule has 15 heavy (non-hydrogen) atoms. The maximum Gasteiger partial charge on any atom is 0.249 e. The molecule has 0 spiro atoms. The largest absolute Gasteiger partial charge is 0.357 e. The molecule has 1 N–H and O–H groups in total. The van der Waals surface area contributed by atoms with Crippen LogP contribution in [0, 0.1) is 5.41 Å². The summed E-state index contributed by atoms with van der Waals surface area (Å²) in [6.45, 7) is 6.88. The quantitative estimate of drug-likeness (QED) is 0.768. The minimum absolute atomic E-state index is 0.0399. The maximum absolute atomic E-state index is 11.9. The van der Waals surface area contributed by atoms with Crippen LogP contribution in [0.2, 0.25) is 0 Å². The number of amides is 1. The van der Waals surface area contributed by atoms with Gasteiger partial charge in [-0.3, -0.25) is 4.79 Å². The van der Waals surface area contributed by atoms with Gasteiger partial charge in [0.2, 0.25) is 5.91 Å². The molecule has 0 aromatic carbocycles. The number of rotatable bonds is 3. The van der Waals surface area contributed by atoms with Crippen molar-refractivity contribution < 1.29 is 4.79 Å². The molecule has 0 aliphatic carbocycles. The van der Waals surface area contributed by atoms with Gasteiger partial charge in [0.15, 0.2) is 0 Å². The molecule has 0 bridgehead atoms. The summed E-state index contributed by atoms with van der Waals surface area (Å²) in [5, 5.41) is 2.91. The van der Waals surface area contributed by atoms with E-state index < -0.39 is 0 Å². The first-order chi connectivity index (χ1) is 6.97. The average molecular weight is 208 g/mol. The Morgan fingerprint density at radius 1 is 1.53 bits per heavy atom. The fraction of sp³-hybridized carbons (Fsp3) is 0.583. The minimum atomic E-state index is -0.176. The molecule has 0 aromatic rings. The van der Waals surface area contributed by atoms with Gasteiger partial charge in [-0.1, -0.05) is 26.8 Å². The van der Waals surface area contributed by atoms with E-state index >= 15 is 0 Å². The van der Waals surface area contributed by atoms with Crippen molar-refractivity contribution in [1.29, 1.82) is 0 Å². The summed E-state index contributed by atoms with van der Waals surface area (Å²) in [6.07, 6.45) is 6.89. The third kappa shape index (κ3) is 2.85. The van der Waals surface area contributed by atoms with Crippen LogP contribution >= 0.6 is 0 Å². The van der Waals surface area contributed by atoms with Gasteiger partial charge in [0, 0.05) is 37.0 Å². The highest BCUT2D eigenvalue weighted by atomic mass is 16.1. The Labute approximate surface area is 91.8 Å². The third-order valence-corrected chi connectivity index (χ3v) is 2.53. The van der Waals surface area contributed by atoms with Crippen LogP contribution in [0.15, 0.2) is 24.0 Å². The van der Waals surface area contributed by atoms with Gasteiger partial charge in [0.1, 0.15) is 0 Å². The monoisotopic (exact) mass is 208 g/mol. The second-order valence-electron chi connectivity index (χ2n) is 4.50. The molecular weight excluding hydrogens is 188 g/mol. The Bertz CT molecular complexity index is 303. The van der Waals surface area contributed by atoms with Crippen molar-refractivity contribution in [2.24, 2.45) is 5.41 Å². The standard InChI is InChI=1S/C12H20N2O/c1-5-7-13-11(15)10-9-14(4)8-6-12(10,2)3/h6,8-9H,5,7H2,1-4H3,(H,13,15). The van der Waals surface area contributed by atoms with Crippen LogP contribution in [0.25, 0.3) is 0 Å². The number of nitrogens with zero attached hydrogens (tertiary/aromatic N) is 1. The second-order valence-corrected chi connectivity index (χ2v) is 4.50. The van der Waals surface area contributed by atoms with Crippen LogP contribution in [-0.2, 0) is 4.79 Å². The Balaban J connectivity index is 2.78. The van der Waals surface area contributed by atoms with Gasteiger partial charge in [-0.25, -0.2) is 0 Å². The molecule has 1 aliphatic rings. The molecule has 1 rings (SSSR count). The number of carbonyl (C=O) groups is 1. The van der Waals surface area contributed by atoms with Crippen molar-refractivity contribution in [3.63, 3.8) is 0 Å². The van der Waals surface area contributed by atoms with E-state index in [4.69, 9.17) is 0 Å². The molecule has 1 amide bonds. The summed E-state index contributed by atoms with van der Waals surface area (Å²) in [5.74, 6) is 0.0399. The lowest BCUT2D eigenvalue weighted by Crippen LogP contribution is -2.34. The summed E-state index contributed by atoms with van der Waals surface area (Å²) < 4.78 is 0. The highest BCUT2D eigenvalue weighted by Gasteiger charge is 2.28. The average Bonchev–Trinajstić information content (AvgIpc) is 2.18. The van der Waals surface area contributed by atoms with Crippen molar-refractivity contribution >= 4 is 5.91 Å². The van der Waals surface area contributed by atoms with E-state index in [9.17, 15) is 4.79 Å². The fourth-order valence-corrected chi connectivity index (χ4v) is 1.49. The highest BCUT2D eigenvalue weighted by molar-refractivity contribution is 5.95. The van der Waals surface area contributed by atoms with E-state index in [0.717, 1.165) is 18.5 Å². The Morgan fingerprint density at radius 3 is 2.80 bits per heavy atom. The van der Waals surface area contributed by atoms with Crippen molar-refractivity contribution in [1.82, 2.24) is 10.2 Å². The first-order valence-electron chi connectivity index (χ1n) is 5.39. The molecule has 0 aromatic heterocycles. The highest BCUT2D eigenvalue weighted by Crippen LogP contribution is 2.31. The number of hydrogen-bond donors (Lipinski definition) is 1. The SMILES string of the molecule is CCCNC(=O)C1=CN(C)C=CC1(C)C. The Morgan fingerprint density at radius 2 is 2.20 bits per heavy atom. The lowest BCUT2D eigenvalue weighted by Gasteiger charge is -2.29. The van der Waals surface area contributed by atoms with Gasteiger partial charge in [-0.2, -0.15) is 0 Å². The lowest BCUT2D eigenvalue weighted by atomic mass is 9.82. The van der Waals surface area contributed by atoms with Crippen LogP contribution in [0.4, 0.5) is 0 Å². The molecule has 0 radical (unpaired) electrons. The molecule has 0 saturated heterocycles. The van der Waals surface area contributed by atoms with Crippen LogP contribution < -0.4 is 5.32 Å². The maximum atomic E-state index is 11.9. The van der Waals surface area contributed by atoms with E-state index in [1.807, 2.05) is 51.2 Å². The fourth-order valence-electron chi connectivity index (χ4n) is 1.49. The summed E-state index contributed by atoms with van der Waals surface area (Å²) >= 11 is 0. The first-order valence-corrected chi connectivity index (χ1v) is 5.39. The summed E-state index contributed by atoms with van der Waals surface area (Å²) in [5.41, 5.74) is 0.644. The molecular formula is C12H20N2O. The van der Waals surface area contributed by atoms with Gasteiger partial charge in [0.05, 0.1) is 0 Å². The van der Waals surface area contributed by atoms with Crippen LogP contribution in [-0.4, -0.2) is 24.4 Å². The zero-order chi connectivity index (χ0) is 11.5. The van der Waals surface area contributed by atoms with Gasteiger partial charge >= 0.3 is 0 Å². The van der Waals surface area contributed by atoms with Crippen molar-refractivity contribution in [2.45, 2.75) is 27.2 Å². The molecule has 0 atom stereocenters. The summed E-state index contributed by atoms with van der Waals surface area (Å²) in [4.78, 5) is 13.8. The number of carbonyl (C=O) groups excluding carboxylic acids is 1. The van der Waals surface area contributed by atoms with E-state index in [2.05, 4.69) is 5.32 Å². The van der Waals surface area contributed by atoms with E-state index in [1.54, 1.807) is 0 Å². The molecule has 3 nitrogen and oxygen atoms in total. The van der Waals surface area contributed by atoms with E-state index in [1.165, 1.54) is 0 Å². The van der Waals surface area contributed by atoms with Gasteiger partial charge in [-0.05, 0) is 6.42 Å². The Kier molecular flexibility index (Phi) is 3.56.